The van der Waals surface area contributed by atoms with Crippen molar-refractivity contribution in [3.8, 4) is 0 Å². The van der Waals surface area contributed by atoms with Crippen LogP contribution in [0, 0.1) is 0 Å². The minimum absolute atomic E-state index is 0.0857. The van der Waals surface area contributed by atoms with Crippen LogP contribution in [0.3, 0.4) is 0 Å². The molecule has 0 bridgehead atoms. The van der Waals surface area contributed by atoms with E-state index >= 15 is 0 Å². The van der Waals surface area contributed by atoms with Crippen LogP contribution in [0.15, 0.2) is 158 Å². The van der Waals surface area contributed by atoms with Crippen LogP contribution in [-0.4, -0.2) is 95.9 Å². The molecule has 5 unspecified atom stereocenters. The minimum atomic E-state index is -4.95. The smallest absolute Gasteiger partial charge is 0.463 e. The van der Waals surface area contributed by atoms with Crippen molar-refractivity contribution in [3.05, 3.63) is 158 Å². The Morgan fingerprint density at radius 2 is 0.486 bits per heavy atom. The fraction of sp³-hybridized carbons (Fsp3) is 0.681. The van der Waals surface area contributed by atoms with Gasteiger partial charge in [0, 0.05) is 19.3 Å². The molecule has 0 aromatic carbocycles. The highest BCUT2D eigenvalue weighted by Gasteiger charge is 2.29. The molecule has 0 aromatic rings. The van der Waals surface area contributed by atoms with E-state index in [-0.39, 0.29) is 19.3 Å². The van der Waals surface area contributed by atoms with E-state index in [0.717, 1.165) is 180 Å². The summed E-state index contributed by atoms with van der Waals surface area (Å²) in [6, 6.07) is 0. The molecular formula is C91H154O16P2. The summed E-state index contributed by atoms with van der Waals surface area (Å²) in [5.41, 5.74) is 0. The maximum Gasteiger partial charge on any atom is 0.472 e. The number of esters is 3. The molecule has 0 aromatic heterocycles. The fourth-order valence-electron chi connectivity index (χ4n) is 11.2. The second-order valence-corrected chi connectivity index (χ2v) is 31.2. The van der Waals surface area contributed by atoms with Crippen LogP contribution in [0.1, 0.15) is 342 Å². The molecule has 0 aliphatic rings. The summed E-state index contributed by atoms with van der Waals surface area (Å²) in [6.07, 6.45) is 104. The van der Waals surface area contributed by atoms with Gasteiger partial charge in [0.1, 0.15) is 25.4 Å². The topological polar surface area (TPSA) is 231 Å². The van der Waals surface area contributed by atoms with Crippen molar-refractivity contribution in [2.24, 2.45) is 0 Å². The molecule has 0 spiro atoms. The molecule has 5 atom stereocenters. The van der Waals surface area contributed by atoms with Gasteiger partial charge < -0.3 is 34.2 Å². The maximum atomic E-state index is 13.0. The zero-order valence-corrected chi connectivity index (χ0v) is 70.2. The Morgan fingerprint density at radius 3 is 0.771 bits per heavy atom. The van der Waals surface area contributed by atoms with E-state index < -0.39 is 91.5 Å². The predicted octanol–water partition coefficient (Wildman–Crippen LogP) is 25.8. The number of allylic oxidation sites excluding steroid dienone is 26. The van der Waals surface area contributed by atoms with Crippen molar-refractivity contribution in [2.45, 2.75) is 360 Å². The first-order chi connectivity index (χ1) is 53.2. The number of carbonyl (C=O) groups is 3. The standard InChI is InChI=1S/C91H154O16P2/c1-4-7-10-13-16-19-22-25-28-31-34-36-38-40-42-44-46-48-51-53-56-59-62-65-68-71-74-77-89(94)101-80-86(92)81-103-108(97,98)104-82-87(93)83-105-109(99,100)106-85-88(107-91(96)79-76-73-70-67-64-61-58-55-50-33-30-27-24-21-18-15-12-9-6-3)84-102-90(95)78-75-72-69-66-63-60-57-54-52-49-47-45-43-41-39-37-35-32-29-26-23-20-17-14-11-8-5-2/h7,10,16-21,25-30,34-37,40-43,46,48,50,55,86-88,92-93H,4-6,8-9,11-15,22-24,31-33,38-39,44-45,47,49,51-54,56-85H2,1-3H3,(H,97,98)(H,99,100)/b10-7-,19-16-,20-17-,21-18-,28-25-,29-26-,30-27-,36-34-,37-35-,42-40-,43-41-,48-46-,55-50-. The Kier molecular flexibility index (Phi) is 79.0. The van der Waals surface area contributed by atoms with Crippen LogP contribution < -0.4 is 0 Å². The van der Waals surface area contributed by atoms with E-state index in [1.54, 1.807) is 0 Å². The number of hydrogen-bond acceptors (Lipinski definition) is 14. The number of aliphatic hydroxyl groups is 2. The first-order valence-electron chi connectivity index (χ1n) is 42.8. The van der Waals surface area contributed by atoms with Crippen LogP contribution in [0.5, 0.6) is 0 Å². The van der Waals surface area contributed by atoms with Gasteiger partial charge in [-0.05, 0) is 154 Å². The molecule has 0 saturated carbocycles. The third-order valence-corrected chi connectivity index (χ3v) is 19.6. The molecular weight excluding hydrogens is 1410 g/mol. The van der Waals surface area contributed by atoms with Gasteiger partial charge in [0.25, 0.3) is 0 Å². The Labute approximate surface area is 663 Å². The Bertz CT molecular complexity index is 2610. The molecule has 0 aliphatic heterocycles. The molecule has 0 heterocycles. The predicted molar refractivity (Wildman–Crippen MR) is 454 cm³/mol. The van der Waals surface area contributed by atoms with Gasteiger partial charge >= 0.3 is 33.6 Å². The highest BCUT2D eigenvalue weighted by Crippen LogP contribution is 2.45. The van der Waals surface area contributed by atoms with Gasteiger partial charge in [-0.2, -0.15) is 0 Å². The maximum absolute atomic E-state index is 13.0. The Hall–Kier alpha value is -4.83. The zero-order chi connectivity index (χ0) is 79.4. The summed E-state index contributed by atoms with van der Waals surface area (Å²) in [5, 5.41) is 20.7. The van der Waals surface area contributed by atoms with E-state index in [1.165, 1.54) is 103 Å². The van der Waals surface area contributed by atoms with Crippen LogP contribution in [0.2, 0.25) is 0 Å². The number of carbonyl (C=O) groups excluding carboxylic acids is 3. The summed E-state index contributed by atoms with van der Waals surface area (Å²) in [7, 11) is -9.81. The SMILES string of the molecule is CC/C=C\C/C=C\C/C=C\C/C=C\C/C=C\C/C=C\CCCCCCCCCCC(=O)OCC(O)COP(=O)(O)OCC(O)COP(=O)(O)OCC(COC(=O)CCCCCCCCCCCCC/C=C\C/C=C\C/C=C\C/C=C\CCCCC)OC(=O)CCCCCCCC/C=C\C/C=C\C/C=C\CCCCC. The summed E-state index contributed by atoms with van der Waals surface area (Å²) < 4.78 is 61.3. The van der Waals surface area contributed by atoms with Gasteiger partial charge in [0.2, 0.25) is 0 Å². The molecule has 16 nitrogen and oxygen atoms in total. The van der Waals surface area contributed by atoms with Gasteiger partial charge in [-0.3, -0.25) is 32.5 Å². The van der Waals surface area contributed by atoms with Crippen LogP contribution in [-0.2, 0) is 55.8 Å². The molecule has 0 radical (unpaired) electrons. The normalized spacial score (nSPS) is 14.7. The van der Waals surface area contributed by atoms with E-state index in [0.29, 0.717) is 19.3 Å². The second kappa shape index (κ2) is 82.6. The first-order valence-corrected chi connectivity index (χ1v) is 45.8. The van der Waals surface area contributed by atoms with Gasteiger partial charge in [-0.15, -0.1) is 0 Å². The quantitative estimate of drug-likeness (QED) is 0.0146. The highest BCUT2D eigenvalue weighted by molar-refractivity contribution is 7.47. The van der Waals surface area contributed by atoms with Crippen molar-refractivity contribution in [1.29, 1.82) is 0 Å². The van der Waals surface area contributed by atoms with Crippen molar-refractivity contribution in [3.63, 3.8) is 0 Å². The Balaban J connectivity index is 4.65. The lowest BCUT2D eigenvalue weighted by atomic mass is 10.0. The number of phosphoric ester groups is 2. The van der Waals surface area contributed by atoms with Gasteiger partial charge in [-0.1, -0.05) is 326 Å². The van der Waals surface area contributed by atoms with Crippen molar-refractivity contribution in [2.75, 3.05) is 39.6 Å². The lowest BCUT2D eigenvalue weighted by Gasteiger charge is -2.21. The summed E-state index contributed by atoms with van der Waals surface area (Å²) in [6.45, 7) is 2.51. The molecule has 18 heteroatoms. The largest absolute Gasteiger partial charge is 0.472 e. The second-order valence-electron chi connectivity index (χ2n) is 28.2. The van der Waals surface area contributed by atoms with Gasteiger partial charge in [-0.25, -0.2) is 9.13 Å². The zero-order valence-electron chi connectivity index (χ0n) is 68.4. The van der Waals surface area contributed by atoms with Crippen molar-refractivity contribution >= 4 is 33.6 Å². The number of rotatable bonds is 80. The number of aliphatic hydroxyl groups excluding tert-OH is 2. The molecule has 109 heavy (non-hydrogen) atoms. The van der Waals surface area contributed by atoms with E-state index in [4.69, 9.17) is 32.3 Å². The fourth-order valence-corrected chi connectivity index (χ4v) is 12.8. The van der Waals surface area contributed by atoms with E-state index in [2.05, 4.69) is 179 Å². The average molecular weight is 1570 g/mol. The average Bonchev–Trinajstić information content (AvgIpc) is 0.947. The number of ether oxygens (including phenoxy) is 3. The Morgan fingerprint density at radius 1 is 0.266 bits per heavy atom. The monoisotopic (exact) mass is 1570 g/mol. The first kappa shape index (κ1) is 104. The lowest BCUT2D eigenvalue weighted by Crippen LogP contribution is -2.30. The molecule has 0 saturated heterocycles. The number of phosphoric acid groups is 2. The van der Waals surface area contributed by atoms with Crippen molar-refractivity contribution in [1.82, 2.24) is 0 Å². The third kappa shape index (κ3) is 83.9. The van der Waals surface area contributed by atoms with Gasteiger partial charge in [0.05, 0.1) is 26.4 Å². The van der Waals surface area contributed by atoms with E-state index in [1.807, 2.05) is 0 Å². The van der Waals surface area contributed by atoms with Crippen LogP contribution in [0.25, 0.3) is 0 Å². The van der Waals surface area contributed by atoms with E-state index in [9.17, 15) is 43.5 Å². The number of hydrogen-bond donors (Lipinski definition) is 4. The molecule has 0 aliphatic carbocycles. The molecule has 4 N–H and O–H groups in total. The lowest BCUT2D eigenvalue weighted by molar-refractivity contribution is -0.161. The summed E-state index contributed by atoms with van der Waals surface area (Å²) in [5.74, 6) is -1.60. The van der Waals surface area contributed by atoms with Crippen LogP contribution >= 0.6 is 15.6 Å². The van der Waals surface area contributed by atoms with Crippen LogP contribution in [0.4, 0.5) is 0 Å². The molecule has 624 valence electrons. The van der Waals surface area contributed by atoms with Gasteiger partial charge in [0.15, 0.2) is 6.10 Å². The highest BCUT2D eigenvalue weighted by atomic mass is 31.2. The molecule has 0 fully saturated rings. The molecule has 0 amide bonds. The summed E-state index contributed by atoms with van der Waals surface area (Å²) in [4.78, 5) is 58.9. The minimum Gasteiger partial charge on any atom is -0.463 e. The molecule has 0 rings (SSSR count). The summed E-state index contributed by atoms with van der Waals surface area (Å²) >= 11 is 0. The number of unbranched alkanes of at least 4 members (excludes halogenated alkanes) is 31. The third-order valence-electron chi connectivity index (χ3n) is 17.7. The van der Waals surface area contributed by atoms with Crippen molar-refractivity contribution < 1.29 is 75.8 Å².